The summed E-state index contributed by atoms with van der Waals surface area (Å²) in [7, 11) is 0. The summed E-state index contributed by atoms with van der Waals surface area (Å²) in [4.78, 5) is 19.1. The molecule has 0 aliphatic heterocycles. The molecule has 0 atom stereocenters. The summed E-state index contributed by atoms with van der Waals surface area (Å²) < 4.78 is 0. The van der Waals surface area contributed by atoms with E-state index in [1.54, 1.807) is 0 Å². The topological polar surface area (TPSA) is 51.6 Å². The summed E-state index contributed by atoms with van der Waals surface area (Å²) in [5.41, 5.74) is 15.9. The Bertz CT molecular complexity index is 2340. The molecular formula is C45H28N4. The van der Waals surface area contributed by atoms with Crippen molar-refractivity contribution in [3.63, 3.8) is 0 Å². The molecule has 0 amide bonds. The largest absolute Gasteiger partial charge is 0.236 e. The number of nitrogens with zero attached hydrogens (tertiary/aromatic N) is 4. The van der Waals surface area contributed by atoms with Gasteiger partial charge in [-0.3, -0.25) is 0 Å². The molecule has 228 valence electrons. The second kappa shape index (κ2) is 10.8. The van der Waals surface area contributed by atoms with Gasteiger partial charge in [0.25, 0.3) is 0 Å². The monoisotopic (exact) mass is 624 g/mol. The first-order valence-corrected chi connectivity index (χ1v) is 16.5. The normalized spacial score (nSPS) is 13.1. The van der Waals surface area contributed by atoms with Crippen LogP contribution in [0.3, 0.4) is 0 Å². The van der Waals surface area contributed by atoms with Crippen molar-refractivity contribution >= 4 is 0 Å². The molecule has 2 heterocycles. The van der Waals surface area contributed by atoms with Crippen LogP contribution >= 0.6 is 0 Å². The maximum atomic E-state index is 4.77. The Morgan fingerprint density at radius 2 is 0.653 bits per heavy atom. The molecule has 1 spiro atoms. The molecule has 8 aromatic rings. The third-order valence-corrected chi connectivity index (χ3v) is 10.1. The predicted molar refractivity (Wildman–Crippen MR) is 196 cm³/mol. The number of benzene rings is 6. The molecule has 0 fully saturated rings. The smallest absolute Gasteiger partial charge is 0.159 e. The Morgan fingerprint density at radius 3 is 1.08 bits per heavy atom. The molecule has 2 aliphatic rings. The van der Waals surface area contributed by atoms with E-state index in [1.807, 2.05) is 85.5 Å². The van der Waals surface area contributed by atoms with Gasteiger partial charge < -0.3 is 0 Å². The highest BCUT2D eigenvalue weighted by molar-refractivity contribution is 5.96. The van der Waals surface area contributed by atoms with E-state index < -0.39 is 5.41 Å². The Kier molecular flexibility index (Phi) is 6.06. The molecule has 2 aliphatic carbocycles. The lowest BCUT2D eigenvalue weighted by Gasteiger charge is -2.31. The maximum Gasteiger partial charge on any atom is 0.159 e. The number of rotatable bonds is 4. The molecule has 10 rings (SSSR count). The van der Waals surface area contributed by atoms with Gasteiger partial charge in [-0.05, 0) is 67.8 Å². The number of fused-ring (bicyclic) bond motifs is 10. The van der Waals surface area contributed by atoms with E-state index >= 15 is 0 Å². The van der Waals surface area contributed by atoms with Gasteiger partial charge in [0.15, 0.2) is 11.6 Å². The maximum absolute atomic E-state index is 4.77. The number of hydrogen-bond acceptors (Lipinski definition) is 4. The molecule has 6 aromatic carbocycles. The van der Waals surface area contributed by atoms with Crippen LogP contribution in [0, 0.1) is 0 Å². The van der Waals surface area contributed by atoms with Crippen LogP contribution in [-0.4, -0.2) is 19.9 Å². The lowest BCUT2D eigenvalue weighted by molar-refractivity contribution is 0.794. The summed E-state index contributed by atoms with van der Waals surface area (Å²) in [5, 5.41) is 0. The highest BCUT2D eigenvalue weighted by Crippen LogP contribution is 2.63. The zero-order valence-corrected chi connectivity index (χ0v) is 26.5. The highest BCUT2D eigenvalue weighted by Gasteiger charge is 2.51. The minimum atomic E-state index is -0.487. The van der Waals surface area contributed by atoms with Gasteiger partial charge in [-0.2, -0.15) is 0 Å². The van der Waals surface area contributed by atoms with Gasteiger partial charge in [0.1, 0.15) is 0 Å². The minimum Gasteiger partial charge on any atom is -0.236 e. The SMILES string of the molecule is c1ccc(-c2ncc(-c3ccc4c(c3)C3(c5ccccc5-c5ccccc53)c3cc(-c5cnc(-c6ccccc6)nc5)ccc3-4)cn2)cc1. The molecule has 4 nitrogen and oxygen atoms in total. The lowest BCUT2D eigenvalue weighted by atomic mass is 9.70. The van der Waals surface area contributed by atoms with Crippen molar-refractivity contribution in [3.8, 4) is 67.3 Å². The quantitative estimate of drug-likeness (QED) is 0.196. The first kappa shape index (κ1) is 27.6. The van der Waals surface area contributed by atoms with Gasteiger partial charge in [-0.15, -0.1) is 0 Å². The van der Waals surface area contributed by atoms with Crippen LogP contribution in [0.15, 0.2) is 170 Å². The van der Waals surface area contributed by atoms with Crippen molar-refractivity contribution in [1.29, 1.82) is 0 Å². The van der Waals surface area contributed by atoms with E-state index in [0.29, 0.717) is 0 Å². The van der Waals surface area contributed by atoms with Crippen LogP contribution in [0.2, 0.25) is 0 Å². The molecule has 0 saturated heterocycles. The Labute approximate surface area is 284 Å². The van der Waals surface area contributed by atoms with E-state index in [9.17, 15) is 0 Å². The fourth-order valence-corrected chi connectivity index (χ4v) is 7.93. The van der Waals surface area contributed by atoms with Crippen LogP contribution < -0.4 is 0 Å². The van der Waals surface area contributed by atoms with Crippen molar-refractivity contribution < 1.29 is 0 Å². The standard InChI is InChI=1S/C45H28N4/c1-3-11-29(12-4-1)43-46-25-33(26-47-43)31-19-21-37-38-22-20-32(34-27-48-44(49-28-34)30-13-5-2-6-14-30)24-42(38)45(41(37)23-31)39-17-9-7-15-35(39)36-16-8-10-18-40(36)45/h1-28H. The summed E-state index contributed by atoms with van der Waals surface area (Å²) in [6, 6.07) is 51.7. The van der Waals surface area contributed by atoms with Crippen molar-refractivity contribution in [3.05, 3.63) is 193 Å². The van der Waals surface area contributed by atoms with Crippen molar-refractivity contribution in [2.45, 2.75) is 5.41 Å². The van der Waals surface area contributed by atoms with Crippen LogP contribution in [0.4, 0.5) is 0 Å². The number of aromatic nitrogens is 4. The van der Waals surface area contributed by atoms with E-state index in [-0.39, 0.29) is 0 Å². The second-order valence-electron chi connectivity index (χ2n) is 12.7. The number of hydrogen-bond donors (Lipinski definition) is 0. The van der Waals surface area contributed by atoms with Gasteiger partial charge >= 0.3 is 0 Å². The van der Waals surface area contributed by atoms with Gasteiger partial charge in [0.2, 0.25) is 0 Å². The third-order valence-electron chi connectivity index (χ3n) is 10.1. The molecule has 4 heteroatoms. The zero-order chi connectivity index (χ0) is 32.4. The van der Waals surface area contributed by atoms with Crippen LogP contribution in [-0.2, 0) is 5.41 Å². The molecule has 0 unspecified atom stereocenters. The van der Waals surface area contributed by atoms with Gasteiger partial charge in [-0.25, -0.2) is 19.9 Å². The molecule has 0 N–H and O–H groups in total. The zero-order valence-electron chi connectivity index (χ0n) is 26.5. The predicted octanol–water partition coefficient (Wildman–Crippen LogP) is 10.3. The van der Waals surface area contributed by atoms with Crippen LogP contribution in [0.25, 0.3) is 67.3 Å². The first-order valence-electron chi connectivity index (χ1n) is 16.5. The van der Waals surface area contributed by atoms with E-state index in [4.69, 9.17) is 19.9 Å². The van der Waals surface area contributed by atoms with Crippen LogP contribution in [0.5, 0.6) is 0 Å². The van der Waals surface area contributed by atoms with E-state index in [2.05, 4.69) is 84.9 Å². The van der Waals surface area contributed by atoms with E-state index in [0.717, 1.165) is 45.0 Å². The summed E-state index contributed by atoms with van der Waals surface area (Å²) >= 11 is 0. The van der Waals surface area contributed by atoms with Gasteiger partial charge in [0.05, 0.1) is 5.41 Å². The lowest BCUT2D eigenvalue weighted by Crippen LogP contribution is -2.26. The van der Waals surface area contributed by atoms with Crippen LogP contribution in [0.1, 0.15) is 22.3 Å². The minimum absolute atomic E-state index is 0.487. The Morgan fingerprint density at radius 1 is 0.286 bits per heavy atom. The summed E-state index contributed by atoms with van der Waals surface area (Å²) in [6.07, 6.45) is 7.78. The molecule has 0 saturated carbocycles. The average molecular weight is 625 g/mol. The molecule has 49 heavy (non-hydrogen) atoms. The van der Waals surface area contributed by atoms with E-state index in [1.165, 1.54) is 44.5 Å². The van der Waals surface area contributed by atoms with Crippen molar-refractivity contribution in [2.24, 2.45) is 0 Å². The average Bonchev–Trinajstić information content (AvgIpc) is 3.65. The fourth-order valence-electron chi connectivity index (χ4n) is 7.93. The summed E-state index contributed by atoms with van der Waals surface area (Å²) in [5.74, 6) is 1.45. The van der Waals surface area contributed by atoms with Crippen molar-refractivity contribution in [2.75, 3.05) is 0 Å². The third kappa shape index (κ3) is 4.11. The molecule has 0 bridgehead atoms. The van der Waals surface area contributed by atoms with Crippen molar-refractivity contribution in [1.82, 2.24) is 19.9 Å². The molecule has 2 aromatic heterocycles. The summed E-state index contributed by atoms with van der Waals surface area (Å²) in [6.45, 7) is 0. The fraction of sp³-hybridized carbons (Fsp3) is 0.0222. The Hall–Kier alpha value is -6.52. The highest BCUT2D eigenvalue weighted by atomic mass is 14.9. The Balaban J connectivity index is 1.16. The second-order valence-corrected chi connectivity index (χ2v) is 12.7. The van der Waals surface area contributed by atoms with Gasteiger partial charge in [-0.1, -0.05) is 133 Å². The first-order chi connectivity index (χ1) is 24.3. The molecular weight excluding hydrogens is 597 g/mol. The van der Waals surface area contributed by atoms with Gasteiger partial charge in [0, 0.05) is 47.0 Å². The molecule has 0 radical (unpaired) electrons.